The van der Waals surface area contributed by atoms with Crippen LogP contribution in [0.2, 0.25) is 0 Å². The maximum atomic E-state index is 13.1. The lowest BCUT2D eigenvalue weighted by atomic mass is 9.95. The Balaban J connectivity index is 1.67. The zero-order valence-corrected chi connectivity index (χ0v) is 16.6. The van der Waals surface area contributed by atoms with Crippen LogP contribution in [0.15, 0.2) is 48.8 Å². The fourth-order valence-corrected chi connectivity index (χ4v) is 3.71. The Hall–Kier alpha value is -3.12. The molecule has 0 fully saturated rings. The van der Waals surface area contributed by atoms with Crippen molar-refractivity contribution in [2.24, 2.45) is 0 Å². The molecule has 1 aliphatic rings. The Morgan fingerprint density at radius 2 is 1.90 bits per heavy atom. The van der Waals surface area contributed by atoms with Crippen molar-refractivity contribution in [3.8, 4) is 0 Å². The van der Waals surface area contributed by atoms with E-state index in [1.165, 1.54) is 0 Å². The van der Waals surface area contributed by atoms with Crippen molar-refractivity contribution in [3.05, 3.63) is 71.2 Å². The largest absolute Gasteiger partial charge is 0.454 e. The van der Waals surface area contributed by atoms with Crippen LogP contribution >= 0.6 is 0 Å². The highest BCUT2D eigenvalue weighted by molar-refractivity contribution is 6.06. The minimum Gasteiger partial charge on any atom is -0.454 e. The van der Waals surface area contributed by atoms with E-state index in [2.05, 4.69) is 23.7 Å². The van der Waals surface area contributed by atoms with Crippen molar-refractivity contribution in [1.29, 1.82) is 0 Å². The van der Waals surface area contributed by atoms with Crippen LogP contribution in [0, 0.1) is 0 Å². The third kappa shape index (κ3) is 3.89. The zero-order chi connectivity index (χ0) is 20.4. The second kappa shape index (κ2) is 8.09. The number of hydrogen-bond acceptors (Lipinski definition) is 6. The van der Waals surface area contributed by atoms with Crippen molar-refractivity contribution < 1.29 is 14.3 Å². The number of nitrogens with zero attached hydrogens (tertiary/aromatic N) is 3. The van der Waals surface area contributed by atoms with Gasteiger partial charge in [-0.3, -0.25) is 19.7 Å². The number of carbonyl (C=O) groups excluding carboxylic acids is 2. The van der Waals surface area contributed by atoms with Crippen molar-refractivity contribution in [2.45, 2.75) is 32.9 Å². The number of ether oxygens (including phenoxy) is 1. The highest BCUT2D eigenvalue weighted by Crippen LogP contribution is 2.29. The number of fused-ring (bicyclic) bond motifs is 2. The number of hydrogen-bond donors (Lipinski definition) is 0. The van der Waals surface area contributed by atoms with Crippen LogP contribution in [0.25, 0.3) is 10.9 Å². The van der Waals surface area contributed by atoms with E-state index < -0.39 is 5.97 Å². The molecule has 0 saturated carbocycles. The van der Waals surface area contributed by atoms with Gasteiger partial charge in [-0.15, -0.1) is 0 Å². The van der Waals surface area contributed by atoms with Gasteiger partial charge in [-0.2, -0.15) is 0 Å². The van der Waals surface area contributed by atoms with E-state index in [9.17, 15) is 9.59 Å². The van der Waals surface area contributed by atoms with Gasteiger partial charge in [-0.25, -0.2) is 4.79 Å². The number of esters is 1. The molecule has 6 nitrogen and oxygen atoms in total. The van der Waals surface area contributed by atoms with Crippen LogP contribution in [-0.2, 0) is 17.7 Å². The average Bonchev–Trinajstić information content (AvgIpc) is 2.75. The highest BCUT2D eigenvalue weighted by Gasteiger charge is 2.27. The number of ketones is 1. The Morgan fingerprint density at radius 3 is 2.66 bits per heavy atom. The molecule has 0 atom stereocenters. The lowest BCUT2D eigenvalue weighted by molar-refractivity contribution is 0.0473. The standard InChI is InChI=1S/C23H23N3O3/c1-15(2)26-12-9-20-18(13-26)22(17-5-3-4-6-19(17)25-20)23(28)29-14-21(27)16-7-10-24-11-8-16/h3-8,10-11,15H,9,12-14H2,1-2H3. The highest BCUT2D eigenvalue weighted by atomic mass is 16.5. The predicted molar refractivity (Wildman–Crippen MR) is 110 cm³/mol. The van der Waals surface area contributed by atoms with E-state index in [1.54, 1.807) is 24.5 Å². The van der Waals surface area contributed by atoms with Gasteiger partial charge in [0.2, 0.25) is 0 Å². The van der Waals surface area contributed by atoms with E-state index in [0.717, 1.165) is 35.1 Å². The molecule has 3 heterocycles. The summed E-state index contributed by atoms with van der Waals surface area (Å²) in [5.41, 5.74) is 3.62. The average molecular weight is 389 g/mol. The Labute approximate surface area is 169 Å². The van der Waals surface area contributed by atoms with Crippen molar-refractivity contribution in [3.63, 3.8) is 0 Å². The number of pyridine rings is 2. The zero-order valence-electron chi connectivity index (χ0n) is 16.6. The summed E-state index contributed by atoms with van der Waals surface area (Å²) in [6, 6.07) is 11.2. The van der Waals surface area contributed by atoms with E-state index in [1.807, 2.05) is 24.3 Å². The number of aromatic nitrogens is 2. The molecule has 4 rings (SSSR count). The summed E-state index contributed by atoms with van der Waals surface area (Å²) < 4.78 is 5.46. The lowest BCUT2D eigenvalue weighted by Gasteiger charge is -2.32. The molecule has 29 heavy (non-hydrogen) atoms. The van der Waals surface area contributed by atoms with E-state index in [-0.39, 0.29) is 12.4 Å². The van der Waals surface area contributed by atoms with Crippen molar-refractivity contribution in [1.82, 2.24) is 14.9 Å². The van der Waals surface area contributed by atoms with Gasteiger partial charge in [-0.1, -0.05) is 18.2 Å². The second-order valence-electron chi connectivity index (χ2n) is 7.48. The molecule has 6 heteroatoms. The number of carbonyl (C=O) groups is 2. The van der Waals surface area contributed by atoms with Crippen molar-refractivity contribution >= 4 is 22.7 Å². The number of para-hydroxylation sites is 1. The quantitative estimate of drug-likeness (QED) is 0.492. The Bertz CT molecular complexity index is 1060. The van der Waals surface area contributed by atoms with Crippen LogP contribution in [0.3, 0.4) is 0 Å². The minimum absolute atomic E-state index is 0.253. The van der Waals surface area contributed by atoms with Gasteiger partial charge >= 0.3 is 5.97 Å². The molecule has 0 spiro atoms. The molecule has 0 saturated heterocycles. The summed E-state index contributed by atoms with van der Waals surface area (Å²) in [5, 5.41) is 0.762. The molecule has 0 unspecified atom stereocenters. The second-order valence-corrected chi connectivity index (χ2v) is 7.48. The molecule has 0 radical (unpaired) electrons. The molecule has 3 aromatic rings. The molecule has 0 amide bonds. The fourth-order valence-electron chi connectivity index (χ4n) is 3.71. The first-order chi connectivity index (χ1) is 14.0. The fraction of sp³-hybridized carbons (Fsp3) is 0.304. The van der Waals surface area contributed by atoms with Gasteiger partial charge in [0.1, 0.15) is 0 Å². The molecule has 0 N–H and O–H groups in total. The van der Waals surface area contributed by atoms with Crippen molar-refractivity contribution in [2.75, 3.05) is 13.2 Å². The summed E-state index contributed by atoms with van der Waals surface area (Å²) in [6.45, 7) is 5.54. The first-order valence-corrected chi connectivity index (χ1v) is 9.79. The summed E-state index contributed by atoms with van der Waals surface area (Å²) >= 11 is 0. The van der Waals surface area contributed by atoms with Crippen LogP contribution in [0.5, 0.6) is 0 Å². The van der Waals surface area contributed by atoms with Gasteiger partial charge < -0.3 is 4.74 Å². The maximum absolute atomic E-state index is 13.1. The summed E-state index contributed by atoms with van der Waals surface area (Å²) in [5.74, 6) is -0.732. The molecular formula is C23H23N3O3. The van der Waals surface area contributed by atoms with Gasteiger partial charge in [0.05, 0.1) is 11.1 Å². The van der Waals surface area contributed by atoms with Gasteiger partial charge in [0.25, 0.3) is 0 Å². The molecule has 0 bridgehead atoms. The molecule has 1 aromatic carbocycles. The summed E-state index contributed by atoms with van der Waals surface area (Å²) in [7, 11) is 0. The van der Waals surface area contributed by atoms with Crippen LogP contribution in [-0.4, -0.2) is 45.8 Å². The van der Waals surface area contributed by atoms with Crippen LogP contribution in [0.4, 0.5) is 0 Å². The summed E-state index contributed by atoms with van der Waals surface area (Å²) in [6.07, 6.45) is 3.87. The first kappa shape index (κ1) is 19.2. The third-order valence-corrected chi connectivity index (χ3v) is 5.35. The smallest absolute Gasteiger partial charge is 0.339 e. The topological polar surface area (TPSA) is 72.4 Å². The van der Waals surface area contributed by atoms with Crippen LogP contribution < -0.4 is 0 Å². The summed E-state index contributed by atoms with van der Waals surface area (Å²) in [4.78, 5) is 36.5. The van der Waals surface area contributed by atoms with Gasteiger partial charge in [0.15, 0.2) is 12.4 Å². The maximum Gasteiger partial charge on any atom is 0.339 e. The first-order valence-electron chi connectivity index (χ1n) is 9.79. The lowest BCUT2D eigenvalue weighted by Crippen LogP contribution is -2.37. The minimum atomic E-state index is -0.479. The molecule has 2 aromatic heterocycles. The Kier molecular flexibility index (Phi) is 5.36. The number of Topliss-reactive ketones (excluding diaryl/α,β-unsaturated/α-hetero) is 1. The van der Waals surface area contributed by atoms with E-state index in [0.29, 0.717) is 23.7 Å². The Morgan fingerprint density at radius 1 is 1.14 bits per heavy atom. The SMILES string of the molecule is CC(C)N1CCc2nc3ccccc3c(C(=O)OCC(=O)c3ccncc3)c2C1. The number of rotatable bonds is 5. The molecule has 1 aliphatic heterocycles. The van der Waals surface area contributed by atoms with Crippen LogP contribution in [0.1, 0.15) is 45.8 Å². The van der Waals surface area contributed by atoms with Gasteiger partial charge in [0, 0.05) is 60.2 Å². The molecule has 0 aliphatic carbocycles. The van der Waals surface area contributed by atoms with E-state index in [4.69, 9.17) is 9.72 Å². The third-order valence-electron chi connectivity index (χ3n) is 5.35. The molecule has 148 valence electrons. The predicted octanol–water partition coefficient (Wildman–Crippen LogP) is 3.44. The number of benzene rings is 1. The normalized spacial score (nSPS) is 14.0. The molecular weight excluding hydrogens is 366 g/mol. The monoisotopic (exact) mass is 389 g/mol. The van der Waals surface area contributed by atoms with E-state index >= 15 is 0 Å². The van der Waals surface area contributed by atoms with Gasteiger partial charge in [-0.05, 0) is 32.0 Å².